The van der Waals surface area contributed by atoms with Crippen LogP contribution in [0.5, 0.6) is 0 Å². The second-order valence-corrected chi connectivity index (χ2v) is 4.21. The second kappa shape index (κ2) is 3.57. The second-order valence-electron chi connectivity index (χ2n) is 4.21. The SMILES string of the molecule is CN(C)C(=O)c1ccc2c(c1)CCN2C. The summed E-state index contributed by atoms with van der Waals surface area (Å²) < 4.78 is 0. The molecule has 3 nitrogen and oxygen atoms in total. The van der Waals surface area contributed by atoms with Gasteiger partial charge in [0.15, 0.2) is 0 Å². The molecule has 3 heteroatoms. The molecule has 80 valence electrons. The number of carbonyl (C=O) groups is 1. The minimum atomic E-state index is 0.0763. The van der Waals surface area contributed by atoms with Crippen molar-refractivity contribution in [3.63, 3.8) is 0 Å². The van der Waals surface area contributed by atoms with Gasteiger partial charge < -0.3 is 9.80 Å². The van der Waals surface area contributed by atoms with Crippen molar-refractivity contribution in [2.75, 3.05) is 32.6 Å². The zero-order chi connectivity index (χ0) is 11.0. The van der Waals surface area contributed by atoms with E-state index in [1.807, 2.05) is 18.2 Å². The lowest BCUT2D eigenvalue weighted by atomic mass is 10.1. The molecule has 1 aliphatic rings. The van der Waals surface area contributed by atoms with E-state index in [2.05, 4.69) is 11.9 Å². The first kappa shape index (κ1) is 10.0. The van der Waals surface area contributed by atoms with Gasteiger partial charge in [0.05, 0.1) is 0 Å². The summed E-state index contributed by atoms with van der Waals surface area (Å²) in [6, 6.07) is 5.96. The van der Waals surface area contributed by atoms with Gasteiger partial charge in [-0.3, -0.25) is 4.79 Å². The van der Waals surface area contributed by atoms with E-state index < -0.39 is 0 Å². The molecule has 1 aromatic rings. The largest absolute Gasteiger partial charge is 0.374 e. The summed E-state index contributed by atoms with van der Waals surface area (Å²) in [5, 5.41) is 0. The molecule has 0 N–H and O–H groups in total. The summed E-state index contributed by atoms with van der Waals surface area (Å²) >= 11 is 0. The third-order valence-corrected chi connectivity index (χ3v) is 2.86. The Morgan fingerprint density at radius 2 is 2.13 bits per heavy atom. The predicted octanol–water partition coefficient (Wildman–Crippen LogP) is 1.38. The summed E-state index contributed by atoms with van der Waals surface area (Å²) in [6.07, 6.45) is 1.04. The van der Waals surface area contributed by atoms with Crippen LogP contribution >= 0.6 is 0 Å². The van der Waals surface area contributed by atoms with Crippen molar-refractivity contribution in [3.8, 4) is 0 Å². The molecule has 2 rings (SSSR count). The fourth-order valence-corrected chi connectivity index (χ4v) is 1.96. The van der Waals surface area contributed by atoms with Crippen LogP contribution in [0.25, 0.3) is 0 Å². The van der Waals surface area contributed by atoms with Crippen LogP contribution in [-0.2, 0) is 6.42 Å². The van der Waals surface area contributed by atoms with Crippen molar-refractivity contribution >= 4 is 11.6 Å². The fraction of sp³-hybridized carbons (Fsp3) is 0.417. The summed E-state index contributed by atoms with van der Waals surface area (Å²) in [6.45, 7) is 1.05. The first-order chi connectivity index (χ1) is 7.09. The van der Waals surface area contributed by atoms with Gasteiger partial charge in [-0.2, -0.15) is 0 Å². The van der Waals surface area contributed by atoms with Crippen LogP contribution < -0.4 is 4.90 Å². The predicted molar refractivity (Wildman–Crippen MR) is 61.4 cm³/mol. The molecule has 0 saturated heterocycles. The van der Waals surface area contributed by atoms with Gasteiger partial charge in [-0.25, -0.2) is 0 Å². The van der Waals surface area contributed by atoms with E-state index in [4.69, 9.17) is 0 Å². The maximum Gasteiger partial charge on any atom is 0.253 e. The Morgan fingerprint density at radius 1 is 1.40 bits per heavy atom. The van der Waals surface area contributed by atoms with E-state index >= 15 is 0 Å². The Labute approximate surface area is 90.3 Å². The Kier molecular flexibility index (Phi) is 2.39. The lowest BCUT2D eigenvalue weighted by Crippen LogP contribution is -2.21. The van der Waals surface area contributed by atoms with Crippen molar-refractivity contribution in [3.05, 3.63) is 29.3 Å². The molecule has 0 unspecified atom stereocenters. The number of carbonyl (C=O) groups excluding carboxylic acids is 1. The molecule has 0 fully saturated rings. The number of rotatable bonds is 1. The Bertz CT molecular complexity index is 399. The van der Waals surface area contributed by atoms with Crippen LogP contribution in [-0.4, -0.2) is 38.5 Å². The average Bonchev–Trinajstić information content (AvgIpc) is 2.59. The summed E-state index contributed by atoms with van der Waals surface area (Å²) in [5.74, 6) is 0.0763. The molecular weight excluding hydrogens is 188 g/mol. The molecule has 0 saturated carbocycles. The highest BCUT2D eigenvalue weighted by molar-refractivity contribution is 5.94. The summed E-state index contributed by atoms with van der Waals surface area (Å²) in [4.78, 5) is 15.6. The number of anilines is 1. The third-order valence-electron chi connectivity index (χ3n) is 2.86. The minimum absolute atomic E-state index is 0.0763. The van der Waals surface area contributed by atoms with Gasteiger partial charge in [0.25, 0.3) is 5.91 Å². The Morgan fingerprint density at radius 3 is 2.80 bits per heavy atom. The van der Waals surface area contributed by atoms with E-state index in [-0.39, 0.29) is 5.91 Å². The quantitative estimate of drug-likeness (QED) is 0.690. The number of fused-ring (bicyclic) bond motifs is 1. The Balaban J connectivity index is 2.35. The summed E-state index contributed by atoms with van der Waals surface area (Å²) in [5.41, 5.74) is 3.32. The van der Waals surface area contributed by atoms with Crippen molar-refractivity contribution in [1.29, 1.82) is 0 Å². The van der Waals surface area contributed by atoms with Gasteiger partial charge >= 0.3 is 0 Å². The lowest BCUT2D eigenvalue weighted by Gasteiger charge is -2.13. The molecule has 0 bridgehead atoms. The van der Waals surface area contributed by atoms with E-state index in [9.17, 15) is 4.79 Å². The molecule has 1 heterocycles. The number of amides is 1. The van der Waals surface area contributed by atoms with E-state index in [0.29, 0.717) is 0 Å². The van der Waals surface area contributed by atoms with Gasteiger partial charge in [-0.1, -0.05) is 0 Å². The highest BCUT2D eigenvalue weighted by Gasteiger charge is 2.17. The van der Waals surface area contributed by atoms with Gasteiger partial charge in [0, 0.05) is 38.9 Å². The molecule has 0 spiro atoms. The number of hydrogen-bond donors (Lipinski definition) is 0. The van der Waals surface area contributed by atoms with E-state index in [1.165, 1.54) is 11.3 Å². The van der Waals surface area contributed by atoms with Crippen LogP contribution in [0.15, 0.2) is 18.2 Å². The van der Waals surface area contributed by atoms with Crippen LogP contribution in [0.4, 0.5) is 5.69 Å². The van der Waals surface area contributed by atoms with Gasteiger partial charge in [-0.15, -0.1) is 0 Å². The smallest absolute Gasteiger partial charge is 0.253 e. The zero-order valence-corrected chi connectivity index (χ0v) is 9.45. The lowest BCUT2D eigenvalue weighted by molar-refractivity contribution is 0.0827. The molecule has 15 heavy (non-hydrogen) atoms. The first-order valence-electron chi connectivity index (χ1n) is 5.15. The maximum atomic E-state index is 11.7. The first-order valence-corrected chi connectivity index (χ1v) is 5.15. The van der Waals surface area contributed by atoms with E-state index in [1.54, 1.807) is 19.0 Å². The van der Waals surface area contributed by atoms with Crippen LogP contribution in [0.1, 0.15) is 15.9 Å². The average molecular weight is 204 g/mol. The molecule has 0 radical (unpaired) electrons. The molecule has 1 amide bonds. The fourth-order valence-electron chi connectivity index (χ4n) is 1.96. The van der Waals surface area contributed by atoms with E-state index in [0.717, 1.165) is 18.5 Å². The molecular formula is C12H16N2O. The monoisotopic (exact) mass is 204 g/mol. The number of likely N-dealkylation sites (N-methyl/N-ethyl adjacent to an activating group) is 1. The van der Waals surface area contributed by atoms with Crippen LogP contribution in [0.2, 0.25) is 0 Å². The van der Waals surface area contributed by atoms with Gasteiger partial charge in [-0.05, 0) is 30.2 Å². The minimum Gasteiger partial charge on any atom is -0.374 e. The van der Waals surface area contributed by atoms with Gasteiger partial charge in [0.2, 0.25) is 0 Å². The zero-order valence-electron chi connectivity index (χ0n) is 9.45. The standard InChI is InChI=1S/C12H16N2O/c1-13(2)12(15)10-4-5-11-9(8-10)6-7-14(11)3/h4-5,8H,6-7H2,1-3H3. The van der Waals surface area contributed by atoms with Crippen molar-refractivity contribution < 1.29 is 4.79 Å². The van der Waals surface area contributed by atoms with Gasteiger partial charge in [0.1, 0.15) is 0 Å². The maximum absolute atomic E-state index is 11.7. The van der Waals surface area contributed by atoms with Crippen molar-refractivity contribution in [2.45, 2.75) is 6.42 Å². The molecule has 1 aliphatic heterocycles. The van der Waals surface area contributed by atoms with Crippen molar-refractivity contribution in [1.82, 2.24) is 4.90 Å². The molecule has 1 aromatic carbocycles. The van der Waals surface area contributed by atoms with Crippen LogP contribution in [0, 0.1) is 0 Å². The molecule has 0 atom stereocenters. The van der Waals surface area contributed by atoms with Crippen molar-refractivity contribution in [2.24, 2.45) is 0 Å². The highest BCUT2D eigenvalue weighted by Crippen LogP contribution is 2.27. The summed E-state index contributed by atoms with van der Waals surface area (Å²) in [7, 11) is 5.64. The Hall–Kier alpha value is -1.51. The molecule has 0 aromatic heterocycles. The van der Waals surface area contributed by atoms with Crippen LogP contribution in [0.3, 0.4) is 0 Å². The normalized spacial score (nSPS) is 13.9. The third kappa shape index (κ3) is 1.69. The number of nitrogens with zero attached hydrogens (tertiary/aromatic N) is 2. The number of hydrogen-bond acceptors (Lipinski definition) is 2. The molecule has 0 aliphatic carbocycles. The topological polar surface area (TPSA) is 23.6 Å². The number of benzene rings is 1. The highest BCUT2D eigenvalue weighted by atomic mass is 16.2.